The number of anilines is 2. The van der Waals surface area contributed by atoms with Crippen molar-refractivity contribution in [3.63, 3.8) is 0 Å². The van der Waals surface area contributed by atoms with E-state index < -0.39 is 11.8 Å². The monoisotopic (exact) mass is 469 g/mol. The van der Waals surface area contributed by atoms with Crippen LogP contribution in [0.15, 0.2) is 35.6 Å². The second-order valence-corrected chi connectivity index (χ2v) is 9.78. The molecule has 10 heteroatoms. The molecule has 0 aromatic carbocycles. The average Bonchev–Trinajstić information content (AvgIpc) is 2.86. The zero-order valence-corrected chi connectivity index (χ0v) is 19.3. The minimum Gasteiger partial charge on any atom is -0.356 e. The van der Waals surface area contributed by atoms with E-state index in [0.29, 0.717) is 34.5 Å². The highest BCUT2D eigenvalue weighted by Crippen LogP contribution is 2.31. The Morgan fingerprint density at radius 2 is 2.00 bits per heavy atom. The lowest BCUT2D eigenvalue weighted by Gasteiger charge is -2.24. The van der Waals surface area contributed by atoms with Gasteiger partial charge in [0, 0.05) is 49.6 Å². The molecule has 1 aliphatic rings. The van der Waals surface area contributed by atoms with Gasteiger partial charge < -0.3 is 10.2 Å². The molecule has 31 heavy (non-hydrogen) atoms. The summed E-state index contributed by atoms with van der Waals surface area (Å²) in [5, 5.41) is 3.84. The molecule has 2 N–H and O–H groups in total. The Morgan fingerprint density at radius 1 is 1.23 bits per heavy atom. The van der Waals surface area contributed by atoms with E-state index in [0.717, 1.165) is 0 Å². The summed E-state index contributed by atoms with van der Waals surface area (Å²) < 4.78 is 30.8. The second-order valence-electron chi connectivity index (χ2n) is 8.51. The number of carbonyl (C=O) groups excluding carboxylic acids is 1. The van der Waals surface area contributed by atoms with E-state index in [4.69, 9.17) is 11.6 Å². The van der Waals surface area contributed by atoms with Gasteiger partial charge in [-0.25, -0.2) is 18.7 Å². The molecule has 1 fully saturated rings. The van der Waals surface area contributed by atoms with Gasteiger partial charge in [0.25, 0.3) is 5.91 Å². The Bertz CT molecular complexity index is 938. The topological polar surface area (TPSA) is 70.2 Å². The number of rotatable bonds is 5. The molecule has 1 amide bonds. The van der Waals surface area contributed by atoms with E-state index >= 15 is 0 Å². The Balaban J connectivity index is 1.78. The molecule has 1 aliphatic heterocycles. The smallest absolute Gasteiger partial charge is 0.259 e. The Kier molecular flexibility index (Phi) is 7.39. The highest BCUT2D eigenvalue weighted by Gasteiger charge is 2.33. The molecule has 0 radical (unpaired) electrons. The Morgan fingerprint density at radius 3 is 2.74 bits per heavy atom. The van der Waals surface area contributed by atoms with Gasteiger partial charge in [-0.05, 0) is 57.3 Å². The van der Waals surface area contributed by atoms with Gasteiger partial charge in [0.1, 0.15) is 10.8 Å². The lowest BCUT2D eigenvalue weighted by Crippen LogP contribution is -2.30. The standard InChI is InChI=1S/C21H26ClF2N5OS/c1-20(2,3)28-31-17-12-15(5-8-25-17)27-19(30)16-11-14(22)13-26-18(16)29-9-4-6-21(23,24)7-10-29/h5,8,11-13,28H,4,6-7,9-10H2,1-3H3,(H,25,27,30). The molecule has 3 heterocycles. The van der Waals surface area contributed by atoms with E-state index in [9.17, 15) is 13.6 Å². The number of carbonyl (C=O) groups is 1. The molecular weight excluding hydrogens is 444 g/mol. The average molecular weight is 470 g/mol. The van der Waals surface area contributed by atoms with Crippen LogP contribution in [0.4, 0.5) is 20.3 Å². The molecule has 0 aliphatic carbocycles. The molecule has 0 atom stereocenters. The van der Waals surface area contributed by atoms with Crippen molar-refractivity contribution < 1.29 is 13.6 Å². The van der Waals surface area contributed by atoms with E-state index in [1.54, 1.807) is 23.2 Å². The summed E-state index contributed by atoms with van der Waals surface area (Å²) in [6, 6.07) is 4.95. The van der Waals surface area contributed by atoms with Crippen LogP contribution in [0.2, 0.25) is 5.02 Å². The zero-order chi connectivity index (χ0) is 22.6. The summed E-state index contributed by atoms with van der Waals surface area (Å²) in [4.78, 5) is 23.4. The number of hydrogen-bond acceptors (Lipinski definition) is 6. The van der Waals surface area contributed by atoms with Crippen molar-refractivity contribution in [2.75, 3.05) is 23.3 Å². The number of nitrogens with zero attached hydrogens (tertiary/aromatic N) is 3. The molecule has 2 aromatic rings. The van der Waals surface area contributed by atoms with Gasteiger partial charge >= 0.3 is 0 Å². The van der Waals surface area contributed by atoms with Crippen LogP contribution in [0, 0.1) is 0 Å². The fraction of sp³-hybridized carbons (Fsp3) is 0.476. The summed E-state index contributed by atoms with van der Waals surface area (Å²) in [7, 11) is 0. The van der Waals surface area contributed by atoms with E-state index in [1.165, 1.54) is 24.2 Å². The van der Waals surface area contributed by atoms with Crippen LogP contribution in [0.1, 0.15) is 50.4 Å². The van der Waals surface area contributed by atoms with Crippen LogP contribution in [0.5, 0.6) is 0 Å². The lowest BCUT2D eigenvalue weighted by atomic mass is 10.1. The largest absolute Gasteiger partial charge is 0.356 e. The first-order chi connectivity index (χ1) is 14.5. The van der Waals surface area contributed by atoms with E-state index in [-0.39, 0.29) is 30.5 Å². The maximum absolute atomic E-state index is 13.8. The SMILES string of the molecule is CC(C)(C)NSc1cc(NC(=O)c2cc(Cl)cnc2N2CCCC(F)(F)CC2)ccn1. The highest BCUT2D eigenvalue weighted by molar-refractivity contribution is 7.97. The number of halogens is 3. The van der Waals surface area contributed by atoms with Crippen LogP contribution < -0.4 is 14.9 Å². The van der Waals surface area contributed by atoms with Crippen LogP contribution in [0.25, 0.3) is 0 Å². The summed E-state index contributed by atoms with van der Waals surface area (Å²) in [5.74, 6) is -2.75. The van der Waals surface area contributed by atoms with Gasteiger partial charge in [-0.1, -0.05) is 11.6 Å². The van der Waals surface area contributed by atoms with Crippen molar-refractivity contribution in [2.24, 2.45) is 0 Å². The molecule has 1 saturated heterocycles. The molecular formula is C21H26ClF2N5OS. The van der Waals surface area contributed by atoms with Crippen LogP contribution >= 0.6 is 23.5 Å². The third-order valence-electron chi connectivity index (χ3n) is 4.55. The maximum atomic E-state index is 13.8. The van der Waals surface area contributed by atoms with Crippen LogP contribution in [0.3, 0.4) is 0 Å². The summed E-state index contributed by atoms with van der Waals surface area (Å²) in [6.07, 6.45) is 2.92. The maximum Gasteiger partial charge on any atom is 0.259 e. The van der Waals surface area contributed by atoms with Gasteiger partial charge in [-0.3, -0.25) is 9.52 Å². The molecule has 2 aromatic heterocycles. The Labute approximate surface area is 190 Å². The van der Waals surface area contributed by atoms with Crippen LogP contribution in [-0.4, -0.2) is 40.4 Å². The summed E-state index contributed by atoms with van der Waals surface area (Å²) in [5.41, 5.74) is 0.708. The normalized spacial score (nSPS) is 16.6. The summed E-state index contributed by atoms with van der Waals surface area (Å²) in [6.45, 7) is 6.64. The summed E-state index contributed by atoms with van der Waals surface area (Å²) >= 11 is 7.46. The Hall–Kier alpha value is -1.97. The zero-order valence-electron chi connectivity index (χ0n) is 17.7. The fourth-order valence-electron chi connectivity index (χ4n) is 3.07. The number of alkyl halides is 2. The molecule has 0 saturated carbocycles. The number of hydrogen-bond donors (Lipinski definition) is 2. The number of nitrogens with one attached hydrogen (secondary N) is 2. The van der Waals surface area contributed by atoms with Gasteiger partial charge in [-0.15, -0.1) is 0 Å². The van der Waals surface area contributed by atoms with E-state index in [2.05, 4.69) is 20.0 Å². The van der Waals surface area contributed by atoms with Gasteiger partial charge in [-0.2, -0.15) is 0 Å². The molecule has 0 spiro atoms. The van der Waals surface area contributed by atoms with Crippen molar-refractivity contribution >= 4 is 41.0 Å². The van der Waals surface area contributed by atoms with E-state index in [1.807, 2.05) is 20.8 Å². The first-order valence-electron chi connectivity index (χ1n) is 10.0. The van der Waals surface area contributed by atoms with Crippen LogP contribution in [-0.2, 0) is 0 Å². The van der Waals surface area contributed by atoms with Crippen molar-refractivity contribution in [1.82, 2.24) is 14.7 Å². The number of pyridine rings is 2. The molecule has 0 bridgehead atoms. The first kappa shape index (κ1) is 23.7. The predicted octanol–water partition coefficient (Wildman–Crippen LogP) is 5.40. The molecule has 168 valence electrons. The minimum atomic E-state index is -2.70. The van der Waals surface area contributed by atoms with Crippen molar-refractivity contribution in [3.05, 3.63) is 41.2 Å². The second kappa shape index (κ2) is 9.67. The first-order valence-corrected chi connectivity index (χ1v) is 11.2. The minimum absolute atomic E-state index is 0.100. The highest BCUT2D eigenvalue weighted by atomic mass is 35.5. The van der Waals surface area contributed by atoms with Crippen molar-refractivity contribution in [1.29, 1.82) is 0 Å². The predicted molar refractivity (Wildman–Crippen MR) is 121 cm³/mol. The van der Waals surface area contributed by atoms with Gasteiger partial charge in [0.2, 0.25) is 5.92 Å². The number of amides is 1. The lowest BCUT2D eigenvalue weighted by molar-refractivity contribution is -0.0102. The van der Waals surface area contributed by atoms with Gasteiger partial charge in [0.05, 0.1) is 10.6 Å². The van der Waals surface area contributed by atoms with Gasteiger partial charge in [0.15, 0.2) is 0 Å². The van der Waals surface area contributed by atoms with Crippen molar-refractivity contribution in [3.8, 4) is 0 Å². The third-order valence-corrected chi connectivity index (χ3v) is 5.90. The molecule has 6 nitrogen and oxygen atoms in total. The fourth-order valence-corrected chi connectivity index (χ4v) is 3.94. The third kappa shape index (κ3) is 7.02. The molecule has 3 rings (SSSR count). The van der Waals surface area contributed by atoms with Crippen molar-refractivity contribution in [2.45, 2.75) is 56.5 Å². The number of aromatic nitrogens is 2. The quantitative estimate of drug-likeness (QED) is 0.571. The molecule has 0 unspecified atom stereocenters.